The summed E-state index contributed by atoms with van der Waals surface area (Å²) in [6, 6.07) is 3.78. The number of carbonyl (C=O) groups is 4. The SMILES string of the molecule is C[C@@]12Cc3[nH]nc(C(=O)Nc4cnn(C5CN(C(=O)C6CCN(c7ccc(C8CCC(=O)NC8=O)cn7)CC6)C5)c4)c3C[C@@H]1C2(F)F. The Morgan fingerprint density at radius 1 is 1.09 bits per heavy atom. The van der Waals surface area contributed by atoms with Crippen LogP contribution in [-0.4, -0.2) is 85.6 Å². The third-order valence-corrected chi connectivity index (χ3v) is 11.0. The van der Waals surface area contributed by atoms with Crippen LogP contribution in [0, 0.1) is 17.3 Å². The predicted molar refractivity (Wildman–Crippen MR) is 163 cm³/mol. The highest BCUT2D eigenvalue weighted by molar-refractivity contribution is 6.04. The van der Waals surface area contributed by atoms with Gasteiger partial charge < -0.3 is 15.1 Å². The van der Waals surface area contributed by atoms with E-state index in [2.05, 4.69) is 35.8 Å². The Morgan fingerprint density at radius 3 is 2.60 bits per heavy atom. The zero-order valence-corrected chi connectivity index (χ0v) is 25.8. The van der Waals surface area contributed by atoms with Gasteiger partial charge in [0.25, 0.3) is 11.8 Å². The van der Waals surface area contributed by atoms with Gasteiger partial charge in [-0.3, -0.25) is 34.3 Å². The van der Waals surface area contributed by atoms with E-state index in [1.165, 1.54) is 6.20 Å². The number of piperidine rings is 2. The minimum atomic E-state index is -2.73. The van der Waals surface area contributed by atoms with Crippen LogP contribution >= 0.6 is 0 Å². The highest BCUT2D eigenvalue weighted by atomic mass is 19.3. The first-order valence-electron chi connectivity index (χ1n) is 16.1. The van der Waals surface area contributed by atoms with Gasteiger partial charge in [-0.05, 0) is 37.3 Å². The van der Waals surface area contributed by atoms with E-state index in [1.54, 1.807) is 24.0 Å². The van der Waals surface area contributed by atoms with Crippen molar-refractivity contribution in [3.8, 4) is 0 Å². The molecule has 4 amide bonds. The molecule has 0 bridgehead atoms. The summed E-state index contributed by atoms with van der Waals surface area (Å²) >= 11 is 0. The van der Waals surface area contributed by atoms with Crippen molar-refractivity contribution >= 4 is 35.1 Å². The lowest BCUT2D eigenvalue weighted by Gasteiger charge is -2.42. The fraction of sp³-hybridized carbons (Fsp3) is 0.531. The molecule has 4 fully saturated rings. The molecule has 3 N–H and O–H groups in total. The van der Waals surface area contributed by atoms with Gasteiger partial charge >= 0.3 is 0 Å². The monoisotopic (exact) mass is 647 g/mol. The van der Waals surface area contributed by atoms with Crippen LogP contribution in [0.2, 0.25) is 0 Å². The molecule has 3 saturated heterocycles. The molecule has 6 heterocycles. The Hall–Kier alpha value is -4.69. The number of fused-ring (bicyclic) bond motifs is 2. The fourth-order valence-corrected chi connectivity index (χ4v) is 7.81. The maximum absolute atomic E-state index is 14.3. The van der Waals surface area contributed by atoms with Crippen LogP contribution in [0.4, 0.5) is 20.3 Å². The number of hydrogen-bond acceptors (Lipinski definition) is 8. The molecule has 5 aliphatic rings. The van der Waals surface area contributed by atoms with Crippen molar-refractivity contribution in [2.24, 2.45) is 17.3 Å². The molecule has 3 aromatic heterocycles. The summed E-state index contributed by atoms with van der Waals surface area (Å²) in [5.74, 6) is -4.00. The zero-order chi connectivity index (χ0) is 32.7. The largest absolute Gasteiger partial charge is 0.357 e. The van der Waals surface area contributed by atoms with Gasteiger partial charge in [-0.25, -0.2) is 13.8 Å². The lowest BCUT2D eigenvalue weighted by Crippen LogP contribution is -2.54. The topological polar surface area (TPSA) is 158 Å². The first-order valence-corrected chi connectivity index (χ1v) is 16.1. The van der Waals surface area contributed by atoms with Gasteiger partial charge in [0.05, 0.1) is 23.8 Å². The molecule has 15 heteroatoms. The molecule has 8 rings (SSSR count). The van der Waals surface area contributed by atoms with Crippen molar-refractivity contribution in [1.82, 2.24) is 35.2 Å². The standard InChI is InChI=1S/C32H35F2N9O4/c1-31-11-23-22(10-24(31)32(31,33)34)27(40-39-23)29(46)37-19-13-36-43(14-19)20-15-42(16-20)30(47)17-6-8-41(9-7-17)25-4-2-18(12-35-25)21-3-5-26(44)38-28(21)45/h2,4,12-14,17,20-21,24H,3,5-11,15-16H2,1H3,(H,37,46)(H,39,40)(H,38,44,45)/t21?,24-,31+/m0/s1. The number of hydrogen-bond donors (Lipinski definition) is 3. The van der Waals surface area contributed by atoms with E-state index in [1.807, 2.05) is 17.0 Å². The summed E-state index contributed by atoms with van der Waals surface area (Å²) in [6.07, 6.45) is 7.48. The number of amides is 4. The molecule has 3 atom stereocenters. The van der Waals surface area contributed by atoms with Crippen LogP contribution in [0.5, 0.6) is 0 Å². The molecule has 3 aromatic rings. The summed E-state index contributed by atoms with van der Waals surface area (Å²) in [6.45, 7) is 4.03. The van der Waals surface area contributed by atoms with Gasteiger partial charge in [-0.15, -0.1) is 0 Å². The highest BCUT2D eigenvalue weighted by Crippen LogP contribution is 2.70. The maximum atomic E-state index is 14.3. The second kappa shape index (κ2) is 10.7. The molecule has 47 heavy (non-hydrogen) atoms. The van der Waals surface area contributed by atoms with Crippen LogP contribution in [0.15, 0.2) is 30.7 Å². The van der Waals surface area contributed by atoms with Crippen molar-refractivity contribution in [2.75, 3.05) is 36.4 Å². The summed E-state index contributed by atoms with van der Waals surface area (Å²) < 4.78 is 30.3. The third kappa shape index (κ3) is 4.89. The number of rotatable bonds is 6. The maximum Gasteiger partial charge on any atom is 0.276 e. The summed E-state index contributed by atoms with van der Waals surface area (Å²) in [5, 5.41) is 16.5. The highest BCUT2D eigenvalue weighted by Gasteiger charge is 2.78. The summed E-state index contributed by atoms with van der Waals surface area (Å²) in [7, 11) is 0. The molecule has 3 aliphatic heterocycles. The molecular formula is C32H35F2N9O4. The Kier molecular flexibility index (Phi) is 6.74. The van der Waals surface area contributed by atoms with Crippen LogP contribution in [0.3, 0.4) is 0 Å². The number of imide groups is 1. The first-order chi connectivity index (χ1) is 22.5. The quantitative estimate of drug-likeness (QED) is 0.345. The molecule has 246 valence electrons. The molecule has 2 aliphatic carbocycles. The van der Waals surface area contributed by atoms with E-state index in [-0.39, 0.29) is 54.1 Å². The van der Waals surface area contributed by atoms with Crippen LogP contribution < -0.4 is 15.5 Å². The lowest BCUT2D eigenvalue weighted by molar-refractivity contribution is -0.142. The smallest absolute Gasteiger partial charge is 0.276 e. The van der Waals surface area contributed by atoms with Crippen molar-refractivity contribution in [3.05, 3.63) is 53.2 Å². The van der Waals surface area contributed by atoms with Gasteiger partial charge in [0.1, 0.15) is 5.82 Å². The van der Waals surface area contributed by atoms with Crippen LogP contribution in [-0.2, 0) is 27.2 Å². The summed E-state index contributed by atoms with van der Waals surface area (Å²) in [4.78, 5) is 58.4. The first kappa shape index (κ1) is 29.7. The average molecular weight is 648 g/mol. The van der Waals surface area contributed by atoms with E-state index >= 15 is 0 Å². The predicted octanol–water partition coefficient (Wildman–Crippen LogP) is 2.44. The molecule has 1 unspecified atom stereocenters. The van der Waals surface area contributed by atoms with Gasteiger partial charge in [-0.2, -0.15) is 10.2 Å². The molecule has 0 aromatic carbocycles. The number of likely N-dealkylation sites (tertiary alicyclic amines) is 1. The molecule has 13 nitrogen and oxygen atoms in total. The fourth-order valence-electron chi connectivity index (χ4n) is 7.81. The second-order valence-corrected chi connectivity index (χ2v) is 13.8. The Labute approximate surface area is 268 Å². The van der Waals surface area contributed by atoms with Crippen molar-refractivity contribution in [1.29, 1.82) is 0 Å². The minimum absolute atomic E-state index is 0.00955. The zero-order valence-electron chi connectivity index (χ0n) is 25.8. The number of alkyl halides is 2. The van der Waals surface area contributed by atoms with E-state index in [0.29, 0.717) is 68.8 Å². The van der Waals surface area contributed by atoms with E-state index in [4.69, 9.17) is 0 Å². The second-order valence-electron chi connectivity index (χ2n) is 13.8. The lowest BCUT2D eigenvalue weighted by atomic mass is 9.87. The van der Waals surface area contributed by atoms with Gasteiger partial charge in [0, 0.05) is 79.9 Å². The molecular weight excluding hydrogens is 612 g/mol. The average Bonchev–Trinajstić information content (AvgIpc) is 3.44. The number of nitrogens with zero attached hydrogens (tertiary/aromatic N) is 6. The number of aromatic nitrogens is 5. The summed E-state index contributed by atoms with van der Waals surface area (Å²) in [5.41, 5.74) is 1.50. The number of nitrogens with one attached hydrogen (secondary N) is 3. The number of halogens is 2. The van der Waals surface area contributed by atoms with Gasteiger partial charge in [-0.1, -0.05) is 13.0 Å². The number of carbonyl (C=O) groups excluding carboxylic acids is 4. The number of pyridine rings is 1. The van der Waals surface area contributed by atoms with E-state index in [9.17, 15) is 28.0 Å². The van der Waals surface area contributed by atoms with Crippen LogP contribution in [0.25, 0.3) is 0 Å². The van der Waals surface area contributed by atoms with Crippen molar-refractivity contribution in [2.45, 2.75) is 63.3 Å². The van der Waals surface area contributed by atoms with Crippen molar-refractivity contribution < 1.29 is 28.0 Å². The third-order valence-electron chi connectivity index (χ3n) is 11.0. The molecule has 0 radical (unpaired) electrons. The van der Waals surface area contributed by atoms with E-state index in [0.717, 1.165) is 11.4 Å². The Morgan fingerprint density at radius 2 is 1.87 bits per heavy atom. The minimum Gasteiger partial charge on any atom is -0.357 e. The number of anilines is 2. The van der Waals surface area contributed by atoms with E-state index < -0.39 is 23.2 Å². The van der Waals surface area contributed by atoms with Crippen molar-refractivity contribution in [3.63, 3.8) is 0 Å². The van der Waals surface area contributed by atoms with Crippen LogP contribution in [0.1, 0.15) is 71.9 Å². The number of aromatic amines is 1. The number of H-pyrrole nitrogens is 1. The normalized spacial score (nSPS) is 27.0. The molecule has 1 saturated carbocycles. The Balaban J connectivity index is 0.807. The molecule has 0 spiro atoms. The Bertz CT molecular complexity index is 1770. The van der Waals surface area contributed by atoms with Gasteiger partial charge in [0.15, 0.2) is 5.69 Å². The van der Waals surface area contributed by atoms with Gasteiger partial charge in [0.2, 0.25) is 17.7 Å².